The van der Waals surface area contributed by atoms with Gasteiger partial charge in [-0.25, -0.2) is 4.98 Å². The van der Waals surface area contributed by atoms with Gasteiger partial charge >= 0.3 is 0 Å². The lowest BCUT2D eigenvalue weighted by molar-refractivity contribution is -0.144. The van der Waals surface area contributed by atoms with Gasteiger partial charge in [0.1, 0.15) is 30.2 Å². The molecule has 0 aliphatic carbocycles. The van der Waals surface area contributed by atoms with Crippen LogP contribution < -0.4 is 20.7 Å². The average Bonchev–Trinajstić information content (AvgIpc) is 3.93. The molecule has 0 bridgehead atoms. The topological polar surface area (TPSA) is 153 Å². The number of phenols is 1. The maximum Gasteiger partial charge on any atom is 0.246 e. The van der Waals surface area contributed by atoms with Crippen LogP contribution in [-0.2, 0) is 20.9 Å². The summed E-state index contributed by atoms with van der Waals surface area (Å²) >= 11 is 7.89. The first-order chi connectivity index (χ1) is 31.8. The molecule has 350 valence electrons. The van der Waals surface area contributed by atoms with Gasteiger partial charge < -0.3 is 35.8 Å². The number of aliphatic hydroxyl groups is 1. The summed E-state index contributed by atoms with van der Waals surface area (Å²) in [6.07, 6.45) is 3.75. The number of aliphatic hydroxyl groups excluding tert-OH is 1. The summed E-state index contributed by atoms with van der Waals surface area (Å²) in [7, 11) is 0. The largest absolute Gasteiger partial charge is 0.508 e. The van der Waals surface area contributed by atoms with E-state index in [2.05, 4.69) is 45.2 Å². The number of thiazole rings is 1. The number of ether oxygens (including phenoxy) is 1. The smallest absolute Gasteiger partial charge is 0.246 e. The molecule has 0 saturated carbocycles. The Kier molecular flexibility index (Phi) is 18.4. The van der Waals surface area contributed by atoms with Crippen molar-refractivity contribution < 1.29 is 29.3 Å². The van der Waals surface area contributed by atoms with Crippen molar-refractivity contribution in [2.45, 2.75) is 97.4 Å². The first-order valence-electron chi connectivity index (χ1n) is 22.9. The second-order valence-electron chi connectivity index (χ2n) is 17.9. The summed E-state index contributed by atoms with van der Waals surface area (Å²) in [6, 6.07) is 31.8. The molecule has 3 atom stereocenters. The minimum Gasteiger partial charge on any atom is -0.508 e. The molecule has 0 unspecified atom stereocenters. The number of halogens is 1. The van der Waals surface area contributed by atoms with Crippen molar-refractivity contribution in [3.8, 4) is 21.9 Å². The maximum absolute atomic E-state index is 14.0. The SMILES string of the molecule is Cc1ncsc1-c1ccc(CNC(=O)[C@@H]2C[C@@H](O)CN2C(=O)[C@@H](NC(=O)CCCCCCNCCOc2ccc(C(=C(CCCl)c3ccccc3)c3ccc(O)cc3)cc2)C(C)(C)C)cc1. The fourth-order valence-corrected chi connectivity index (χ4v) is 9.28. The van der Waals surface area contributed by atoms with Gasteiger partial charge in [-0.3, -0.25) is 14.4 Å². The predicted octanol–water partition coefficient (Wildman–Crippen LogP) is 9.14. The number of allylic oxidation sites excluding steroid dienone is 1. The van der Waals surface area contributed by atoms with Gasteiger partial charge in [0.05, 0.1) is 22.2 Å². The zero-order valence-corrected chi connectivity index (χ0v) is 40.1. The summed E-state index contributed by atoms with van der Waals surface area (Å²) in [5, 5.41) is 29.9. The van der Waals surface area contributed by atoms with E-state index < -0.39 is 23.6 Å². The minimum absolute atomic E-state index is 0.0309. The van der Waals surface area contributed by atoms with Crippen LogP contribution in [0.1, 0.15) is 93.7 Å². The zero-order chi connectivity index (χ0) is 47.1. The van der Waals surface area contributed by atoms with E-state index >= 15 is 0 Å². The molecular weight excluding hydrogens is 870 g/mol. The van der Waals surface area contributed by atoms with Crippen LogP contribution in [0.3, 0.4) is 0 Å². The third-order valence-electron chi connectivity index (χ3n) is 11.8. The molecule has 13 heteroatoms. The van der Waals surface area contributed by atoms with Gasteiger partial charge in [0, 0.05) is 38.4 Å². The van der Waals surface area contributed by atoms with Gasteiger partial charge in [-0.15, -0.1) is 22.9 Å². The van der Waals surface area contributed by atoms with Gasteiger partial charge in [-0.2, -0.15) is 0 Å². The number of rotatable bonds is 22. The van der Waals surface area contributed by atoms with Crippen molar-refractivity contribution in [3.05, 3.63) is 137 Å². The van der Waals surface area contributed by atoms with Crippen LogP contribution >= 0.6 is 22.9 Å². The van der Waals surface area contributed by atoms with E-state index in [0.29, 0.717) is 38.3 Å². The third kappa shape index (κ3) is 14.0. The highest BCUT2D eigenvalue weighted by Crippen LogP contribution is 2.36. The zero-order valence-electron chi connectivity index (χ0n) is 38.5. The quantitative estimate of drug-likeness (QED) is 0.0262. The molecule has 1 aliphatic heterocycles. The van der Waals surface area contributed by atoms with Crippen LogP contribution in [-0.4, -0.2) is 88.1 Å². The number of amides is 3. The van der Waals surface area contributed by atoms with Crippen LogP contribution in [0.4, 0.5) is 0 Å². The highest BCUT2D eigenvalue weighted by atomic mass is 35.5. The molecule has 66 heavy (non-hydrogen) atoms. The number of hydrogen-bond donors (Lipinski definition) is 5. The van der Waals surface area contributed by atoms with Crippen molar-refractivity contribution in [2.75, 3.05) is 32.1 Å². The van der Waals surface area contributed by atoms with Crippen LogP contribution in [0.5, 0.6) is 11.5 Å². The molecule has 1 aromatic heterocycles. The van der Waals surface area contributed by atoms with Crippen molar-refractivity contribution in [1.29, 1.82) is 0 Å². The number of benzene rings is 4. The van der Waals surface area contributed by atoms with E-state index in [1.54, 1.807) is 23.5 Å². The number of aromatic hydroxyl groups is 1. The number of alkyl halides is 1. The third-order valence-corrected chi connectivity index (χ3v) is 13.0. The first kappa shape index (κ1) is 49.9. The molecule has 11 nitrogen and oxygen atoms in total. The fraction of sp³-hybridized carbons (Fsp3) is 0.396. The standard InChI is InChI=1S/C53H64ClN5O6S/c1-36-49(66-35-57-36)41-17-15-37(16-18-41)33-56-51(63)46-32-43(61)34-59(46)52(64)50(53(2,3)4)58-47(62)14-10-5-6-11-29-55-30-31-65-44-25-21-40(22-26-44)48(39-19-23-42(60)24-20-39)45(27-28-54)38-12-8-7-9-13-38/h7-9,12-13,15-26,35,43,46,50,55,60-61H,5-6,10-11,14,27-34H2,1-4H3,(H,56,63)(H,58,62)/t43-,46+,50-/m1/s1. The van der Waals surface area contributed by atoms with Gasteiger partial charge in [-0.1, -0.05) is 112 Å². The number of unbranched alkanes of at least 4 members (excludes halogenated alkanes) is 3. The highest BCUT2D eigenvalue weighted by Gasteiger charge is 2.44. The molecule has 5 aromatic rings. The van der Waals surface area contributed by atoms with Crippen molar-refractivity contribution in [1.82, 2.24) is 25.8 Å². The Bertz CT molecular complexity index is 2360. The number of nitrogens with zero attached hydrogens (tertiary/aromatic N) is 2. The van der Waals surface area contributed by atoms with Gasteiger partial charge in [0.15, 0.2) is 0 Å². The number of phenolic OH excluding ortho intramolecular Hbond substituents is 1. The van der Waals surface area contributed by atoms with Gasteiger partial charge in [0.25, 0.3) is 0 Å². The molecule has 1 fully saturated rings. The Morgan fingerprint density at radius 1 is 0.864 bits per heavy atom. The number of carbonyl (C=O) groups is 3. The van der Waals surface area contributed by atoms with Crippen molar-refractivity contribution >= 4 is 51.8 Å². The molecule has 5 N–H and O–H groups in total. The van der Waals surface area contributed by atoms with E-state index in [9.17, 15) is 24.6 Å². The van der Waals surface area contributed by atoms with Crippen LogP contribution in [0.2, 0.25) is 0 Å². The van der Waals surface area contributed by atoms with Crippen LogP contribution in [0, 0.1) is 12.3 Å². The lowest BCUT2D eigenvalue weighted by Crippen LogP contribution is -2.57. The monoisotopic (exact) mass is 933 g/mol. The van der Waals surface area contributed by atoms with E-state index in [1.807, 2.05) is 99.9 Å². The Morgan fingerprint density at radius 2 is 1.55 bits per heavy atom. The molecule has 3 amide bonds. The highest BCUT2D eigenvalue weighted by molar-refractivity contribution is 7.13. The summed E-state index contributed by atoms with van der Waals surface area (Å²) < 4.78 is 6.06. The number of β-amino-alcohol motifs (C(OH)–C–C–N with tert-alkyl or cyclic N) is 1. The van der Waals surface area contributed by atoms with Crippen LogP contribution in [0.25, 0.3) is 21.6 Å². The van der Waals surface area contributed by atoms with E-state index in [-0.39, 0.29) is 43.0 Å². The lowest BCUT2D eigenvalue weighted by atomic mass is 9.85. The Balaban J connectivity index is 0.896. The molecular formula is C53H64ClN5O6S. The number of aryl methyl sites for hydroxylation is 1. The summed E-state index contributed by atoms with van der Waals surface area (Å²) in [4.78, 5) is 47.5. The molecule has 0 spiro atoms. The number of aromatic nitrogens is 1. The molecule has 1 aliphatic rings. The molecule has 1 saturated heterocycles. The number of carbonyl (C=O) groups excluding carboxylic acids is 3. The van der Waals surface area contributed by atoms with Crippen molar-refractivity contribution in [2.24, 2.45) is 5.41 Å². The van der Waals surface area contributed by atoms with Gasteiger partial charge in [-0.05, 0) is 101 Å². The molecule has 0 radical (unpaired) electrons. The molecule has 2 heterocycles. The summed E-state index contributed by atoms with van der Waals surface area (Å²) in [5.41, 5.74) is 9.48. The van der Waals surface area contributed by atoms with E-state index in [0.717, 1.165) is 81.1 Å². The van der Waals surface area contributed by atoms with E-state index in [1.165, 1.54) is 4.90 Å². The Hall–Kier alpha value is -5.53. The predicted molar refractivity (Wildman–Crippen MR) is 265 cm³/mol. The normalized spacial score (nSPS) is 15.8. The average molecular weight is 935 g/mol. The van der Waals surface area contributed by atoms with Gasteiger partial charge in [0.2, 0.25) is 17.7 Å². The van der Waals surface area contributed by atoms with E-state index in [4.69, 9.17) is 16.3 Å². The number of nitrogens with one attached hydrogen (secondary N) is 3. The second-order valence-corrected chi connectivity index (χ2v) is 19.2. The number of hydrogen-bond acceptors (Lipinski definition) is 9. The maximum atomic E-state index is 14.0. The number of likely N-dealkylation sites (tertiary alicyclic amines) is 1. The minimum atomic E-state index is -0.855. The summed E-state index contributed by atoms with van der Waals surface area (Å²) in [5.74, 6) is 0.565. The van der Waals surface area contributed by atoms with Crippen LogP contribution in [0.15, 0.2) is 109 Å². The first-order valence-corrected chi connectivity index (χ1v) is 24.4. The molecule has 6 rings (SSSR count). The Labute approximate surface area is 398 Å². The Morgan fingerprint density at radius 3 is 2.20 bits per heavy atom. The summed E-state index contributed by atoms with van der Waals surface area (Å²) in [6.45, 7) is 10.0. The second kappa shape index (κ2) is 24.3. The lowest BCUT2D eigenvalue weighted by Gasteiger charge is -2.35. The fourth-order valence-electron chi connectivity index (χ4n) is 8.28. The van der Waals surface area contributed by atoms with Crippen molar-refractivity contribution in [3.63, 3.8) is 0 Å². The molecule has 4 aromatic carbocycles.